The minimum absolute atomic E-state index is 0.131. The highest BCUT2D eigenvalue weighted by atomic mass is 19.4. The van der Waals surface area contributed by atoms with E-state index >= 15 is 0 Å². The fraction of sp³-hybridized carbons (Fsp3) is 0.312. The fourth-order valence-electron chi connectivity index (χ4n) is 2.16. The zero-order valence-corrected chi connectivity index (χ0v) is 12.7. The molecule has 0 saturated heterocycles. The Kier molecular flexibility index (Phi) is 4.98. The predicted octanol–water partition coefficient (Wildman–Crippen LogP) is 3.26. The van der Waals surface area contributed by atoms with Gasteiger partial charge in [-0.05, 0) is 25.1 Å². The van der Waals surface area contributed by atoms with Gasteiger partial charge in [-0.25, -0.2) is 0 Å². The molecule has 1 aromatic heterocycles. The van der Waals surface area contributed by atoms with Crippen LogP contribution in [0.15, 0.2) is 41.2 Å². The highest BCUT2D eigenvalue weighted by Gasteiger charge is 2.31. The van der Waals surface area contributed by atoms with Gasteiger partial charge in [0.15, 0.2) is 11.5 Å². The lowest BCUT2D eigenvalue weighted by atomic mass is 10.2. The molecule has 1 heterocycles. The van der Waals surface area contributed by atoms with E-state index in [1.54, 1.807) is 24.3 Å². The second-order valence-electron chi connectivity index (χ2n) is 4.87. The number of para-hydroxylation sites is 2. The molecule has 0 saturated carbocycles. The maximum absolute atomic E-state index is 12.6. The molecule has 2 aromatic rings. The van der Waals surface area contributed by atoms with E-state index in [2.05, 4.69) is 0 Å². The Labute approximate surface area is 131 Å². The van der Waals surface area contributed by atoms with Gasteiger partial charge >= 0.3 is 6.18 Å². The summed E-state index contributed by atoms with van der Waals surface area (Å²) < 4.78 is 49.9. The Morgan fingerprint density at radius 1 is 1.13 bits per heavy atom. The Balaban J connectivity index is 2.11. The minimum Gasteiger partial charge on any atom is -0.493 e. The van der Waals surface area contributed by atoms with Gasteiger partial charge in [-0.2, -0.15) is 13.2 Å². The van der Waals surface area contributed by atoms with Gasteiger partial charge in [0.05, 0.1) is 19.2 Å². The molecule has 0 bridgehead atoms. The van der Waals surface area contributed by atoms with E-state index in [-0.39, 0.29) is 18.8 Å². The van der Waals surface area contributed by atoms with Gasteiger partial charge in [0.25, 0.3) is 5.56 Å². The molecule has 0 radical (unpaired) electrons. The molecule has 0 aliphatic carbocycles. The quantitative estimate of drug-likeness (QED) is 0.846. The van der Waals surface area contributed by atoms with E-state index in [9.17, 15) is 18.0 Å². The fourth-order valence-corrected chi connectivity index (χ4v) is 2.16. The lowest BCUT2D eigenvalue weighted by Crippen LogP contribution is -2.26. The lowest BCUT2D eigenvalue weighted by molar-refractivity contribution is -0.137. The van der Waals surface area contributed by atoms with E-state index in [1.807, 2.05) is 0 Å². The predicted molar refractivity (Wildman–Crippen MR) is 78.9 cm³/mol. The molecule has 4 nitrogen and oxygen atoms in total. The van der Waals surface area contributed by atoms with E-state index in [1.165, 1.54) is 18.6 Å². The summed E-state index contributed by atoms with van der Waals surface area (Å²) in [6.45, 7) is 1.73. The average Bonchev–Trinajstić information content (AvgIpc) is 2.49. The number of halogens is 3. The van der Waals surface area contributed by atoms with E-state index in [0.717, 1.165) is 6.07 Å². The van der Waals surface area contributed by atoms with Gasteiger partial charge < -0.3 is 14.0 Å². The van der Waals surface area contributed by atoms with Gasteiger partial charge in [-0.3, -0.25) is 4.79 Å². The normalized spacial score (nSPS) is 11.3. The van der Waals surface area contributed by atoms with Crippen LogP contribution in [0, 0.1) is 6.92 Å². The SMILES string of the molecule is COc1ccccc1OCCn1c(C)cc(C(F)(F)F)cc1=O. The number of pyridine rings is 1. The topological polar surface area (TPSA) is 40.5 Å². The number of methoxy groups -OCH3 is 1. The van der Waals surface area contributed by atoms with Crippen LogP contribution in [0.2, 0.25) is 0 Å². The van der Waals surface area contributed by atoms with E-state index in [0.29, 0.717) is 17.6 Å². The number of hydrogen-bond donors (Lipinski definition) is 0. The molecule has 0 aliphatic heterocycles. The van der Waals surface area contributed by atoms with Gasteiger partial charge in [-0.1, -0.05) is 12.1 Å². The second kappa shape index (κ2) is 6.76. The van der Waals surface area contributed by atoms with Crippen molar-refractivity contribution in [2.24, 2.45) is 0 Å². The third-order valence-corrected chi connectivity index (χ3v) is 3.30. The van der Waals surface area contributed by atoms with Gasteiger partial charge in [-0.15, -0.1) is 0 Å². The van der Waals surface area contributed by atoms with Gasteiger partial charge in [0.1, 0.15) is 6.61 Å². The standard InChI is InChI=1S/C16H16F3NO3/c1-11-9-12(16(17,18)19)10-15(21)20(11)7-8-23-14-6-4-3-5-13(14)22-2/h3-6,9-10H,7-8H2,1-2H3. The second-order valence-corrected chi connectivity index (χ2v) is 4.87. The number of alkyl halides is 3. The number of hydrogen-bond acceptors (Lipinski definition) is 3. The molecule has 1 aromatic carbocycles. The molecule has 0 N–H and O–H groups in total. The highest BCUT2D eigenvalue weighted by Crippen LogP contribution is 2.28. The molecule has 0 atom stereocenters. The van der Waals surface area contributed by atoms with Crippen molar-refractivity contribution >= 4 is 0 Å². The van der Waals surface area contributed by atoms with Crippen molar-refractivity contribution in [1.82, 2.24) is 4.57 Å². The van der Waals surface area contributed by atoms with Crippen LogP contribution in [-0.4, -0.2) is 18.3 Å². The van der Waals surface area contributed by atoms with Gasteiger partial charge in [0.2, 0.25) is 0 Å². The molecule has 0 spiro atoms. The maximum Gasteiger partial charge on any atom is 0.416 e. The van der Waals surface area contributed by atoms with Crippen LogP contribution in [-0.2, 0) is 12.7 Å². The minimum atomic E-state index is -4.53. The number of rotatable bonds is 5. The first kappa shape index (κ1) is 16.9. The summed E-state index contributed by atoms with van der Waals surface area (Å²) in [5, 5.41) is 0. The number of benzene rings is 1. The summed E-state index contributed by atoms with van der Waals surface area (Å²) in [5.74, 6) is 1.05. The smallest absolute Gasteiger partial charge is 0.416 e. The monoisotopic (exact) mass is 327 g/mol. The Hall–Kier alpha value is -2.44. The summed E-state index contributed by atoms with van der Waals surface area (Å²) in [5.41, 5.74) is -1.42. The molecule has 2 rings (SSSR count). The first-order chi connectivity index (χ1) is 10.8. The summed E-state index contributed by atoms with van der Waals surface area (Å²) in [6.07, 6.45) is -4.53. The van der Waals surface area contributed by atoms with Crippen LogP contribution >= 0.6 is 0 Å². The summed E-state index contributed by atoms with van der Waals surface area (Å²) in [6, 6.07) is 8.54. The summed E-state index contributed by atoms with van der Waals surface area (Å²) in [4.78, 5) is 11.9. The number of ether oxygens (including phenoxy) is 2. The van der Waals surface area contributed by atoms with Crippen molar-refractivity contribution < 1.29 is 22.6 Å². The van der Waals surface area contributed by atoms with Crippen LogP contribution in [0.4, 0.5) is 13.2 Å². The first-order valence-corrected chi connectivity index (χ1v) is 6.87. The maximum atomic E-state index is 12.6. The molecule has 0 aliphatic rings. The van der Waals surface area contributed by atoms with Crippen LogP contribution < -0.4 is 15.0 Å². The van der Waals surface area contributed by atoms with Crippen LogP contribution in [0.25, 0.3) is 0 Å². The zero-order chi connectivity index (χ0) is 17.0. The molecule has 7 heteroatoms. The Bertz CT molecular complexity index is 738. The number of nitrogens with zero attached hydrogens (tertiary/aromatic N) is 1. The first-order valence-electron chi connectivity index (χ1n) is 6.87. The van der Waals surface area contributed by atoms with E-state index in [4.69, 9.17) is 9.47 Å². The molecular formula is C16H16F3NO3. The van der Waals surface area contributed by atoms with E-state index < -0.39 is 17.3 Å². The van der Waals surface area contributed by atoms with Crippen molar-refractivity contribution in [3.05, 3.63) is 58.0 Å². The molecule has 0 fully saturated rings. The van der Waals surface area contributed by atoms with Crippen LogP contribution in [0.3, 0.4) is 0 Å². The summed E-state index contributed by atoms with van der Waals surface area (Å²) >= 11 is 0. The molecule has 124 valence electrons. The Morgan fingerprint density at radius 3 is 2.35 bits per heavy atom. The number of aryl methyl sites for hydroxylation is 1. The summed E-state index contributed by atoms with van der Waals surface area (Å²) in [7, 11) is 1.51. The van der Waals surface area contributed by atoms with Crippen molar-refractivity contribution in [3.63, 3.8) is 0 Å². The molecule has 0 amide bonds. The molecule has 23 heavy (non-hydrogen) atoms. The number of aromatic nitrogens is 1. The van der Waals surface area contributed by atoms with Crippen LogP contribution in [0.5, 0.6) is 11.5 Å². The third-order valence-electron chi connectivity index (χ3n) is 3.30. The largest absolute Gasteiger partial charge is 0.493 e. The average molecular weight is 327 g/mol. The van der Waals surface area contributed by atoms with Gasteiger partial charge in [0, 0.05) is 11.8 Å². The third kappa shape index (κ3) is 4.06. The van der Waals surface area contributed by atoms with Crippen molar-refractivity contribution in [3.8, 4) is 11.5 Å². The Morgan fingerprint density at radius 2 is 1.78 bits per heavy atom. The highest BCUT2D eigenvalue weighted by molar-refractivity contribution is 5.39. The zero-order valence-electron chi connectivity index (χ0n) is 12.7. The van der Waals surface area contributed by atoms with Crippen molar-refractivity contribution in [2.75, 3.05) is 13.7 Å². The lowest BCUT2D eigenvalue weighted by Gasteiger charge is -2.14. The van der Waals surface area contributed by atoms with Crippen molar-refractivity contribution in [1.29, 1.82) is 0 Å². The van der Waals surface area contributed by atoms with Crippen LogP contribution in [0.1, 0.15) is 11.3 Å². The molecule has 0 unspecified atom stereocenters. The van der Waals surface area contributed by atoms with Crippen molar-refractivity contribution in [2.45, 2.75) is 19.6 Å². The molecular weight excluding hydrogens is 311 g/mol.